The normalized spacial score (nSPS) is 11.0. The molecule has 4 aromatic rings. The molecule has 1 aromatic carbocycles. The van der Waals surface area contributed by atoms with Gasteiger partial charge in [-0.25, -0.2) is 4.98 Å². The molecule has 0 aliphatic heterocycles. The van der Waals surface area contributed by atoms with Crippen molar-refractivity contribution in [2.45, 2.75) is 33.4 Å². The number of nitrogens with zero attached hydrogens (tertiary/aromatic N) is 3. The maximum Gasteiger partial charge on any atom is 0.226 e. The lowest BCUT2D eigenvalue weighted by molar-refractivity contribution is -0.120. The van der Waals surface area contributed by atoms with Gasteiger partial charge in [0.2, 0.25) is 5.91 Å². The molecular weight excluding hydrogens is 400 g/mol. The van der Waals surface area contributed by atoms with E-state index in [0.29, 0.717) is 6.54 Å². The summed E-state index contributed by atoms with van der Waals surface area (Å²) in [5.74, 6) is -0.0261. The van der Waals surface area contributed by atoms with E-state index >= 15 is 0 Å². The van der Waals surface area contributed by atoms with Crippen molar-refractivity contribution in [3.8, 4) is 10.6 Å². The van der Waals surface area contributed by atoms with Crippen LogP contribution in [-0.2, 0) is 24.3 Å². The minimum absolute atomic E-state index is 0.0261. The van der Waals surface area contributed by atoms with Crippen LogP contribution >= 0.6 is 22.7 Å². The Morgan fingerprint density at radius 3 is 2.72 bits per heavy atom. The van der Waals surface area contributed by atoms with E-state index in [-0.39, 0.29) is 12.3 Å². The van der Waals surface area contributed by atoms with E-state index in [0.717, 1.165) is 39.8 Å². The zero-order chi connectivity index (χ0) is 20.2. The molecule has 1 amide bonds. The lowest BCUT2D eigenvalue weighted by atomic mass is 10.2. The van der Waals surface area contributed by atoms with E-state index in [1.165, 1.54) is 5.56 Å². The van der Waals surface area contributed by atoms with E-state index < -0.39 is 0 Å². The quantitative estimate of drug-likeness (QED) is 0.474. The molecule has 0 radical (unpaired) electrons. The average Bonchev–Trinajstić information content (AvgIpc) is 3.44. The van der Waals surface area contributed by atoms with E-state index in [9.17, 15) is 4.79 Å². The first kappa shape index (κ1) is 19.5. The molecule has 29 heavy (non-hydrogen) atoms. The molecule has 0 saturated carbocycles. The highest BCUT2D eigenvalue weighted by Crippen LogP contribution is 2.25. The Bertz CT molecular complexity index is 1100. The third kappa shape index (κ3) is 4.63. The molecule has 0 aliphatic carbocycles. The number of carbonyl (C=O) groups is 1. The maximum absolute atomic E-state index is 12.4. The van der Waals surface area contributed by atoms with Crippen LogP contribution < -0.4 is 5.32 Å². The summed E-state index contributed by atoms with van der Waals surface area (Å²) in [5, 5.41) is 14.7. The molecule has 0 unspecified atom stereocenters. The number of amides is 1. The van der Waals surface area contributed by atoms with E-state index in [2.05, 4.69) is 39.8 Å². The lowest BCUT2D eigenvalue weighted by Gasteiger charge is -2.07. The fourth-order valence-electron chi connectivity index (χ4n) is 3.22. The van der Waals surface area contributed by atoms with Gasteiger partial charge < -0.3 is 5.32 Å². The van der Waals surface area contributed by atoms with Crippen LogP contribution in [0.15, 0.2) is 52.5 Å². The van der Waals surface area contributed by atoms with Gasteiger partial charge in [-0.15, -0.1) is 11.3 Å². The molecule has 1 N–H and O–H groups in total. The Morgan fingerprint density at radius 1 is 1.14 bits per heavy atom. The van der Waals surface area contributed by atoms with Gasteiger partial charge in [-0.2, -0.15) is 16.4 Å². The zero-order valence-electron chi connectivity index (χ0n) is 16.4. The monoisotopic (exact) mass is 422 g/mol. The number of carbonyl (C=O) groups excluding carboxylic acids is 1. The standard InChI is InChI=1S/C22H22N4OS2/c1-15-20(16(2)26(25-15)12-17-6-4-3-5-7-17)11-23-21(27)10-19-14-29-22(24-19)18-8-9-28-13-18/h3-9,13-14H,10-12H2,1-2H3,(H,23,27). The second kappa shape index (κ2) is 8.71. The second-order valence-corrected chi connectivity index (χ2v) is 8.54. The molecule has 3 aromatic heterocycles. The number of thiazole rings is 1. The number of nitrogens with one attached hydrogen (secondary N) is 1. The van der Waals surface area contributed by atoms with Crippen molar-refractivity contribution >= 4 is 28.6 Å². The van der Waals surface area contributed by atoms with Crippen LogP contribution in [0.3, 0.4) is 0 Å². The third-order valence-electron chi connectivity index (χ3n) is 4.83. The molecule has 148 valence electrons. The Kier molecular flexibility index (Phi) is 5.87. The van der Waals surface area contributed by atoms with Gasteiger partial charge in [0.15, 0.2) is 0 Å². The van der Waals surface area contributed by atoms with Gasteiger partial charge in [-0.05, 0) is 30.9 Å². The fraction of sp³-hybridized carbons (Fsp3) is 0.227. The van der Waals surface area contributed by atoms with E-state index in [1.807, 2.05) is 46.6 Å². The number of benzene rings is 1. The SMILES string of the molecule is Cc1nn(Cc2ccccc2)c(C)c1CNC(=O)Cc1csc(-c2ccsc2)n1. The highest BCUT2D eigenvalue weighted by atomic mass is 32.1. The van der Waals surface area contributed by atoms with Gasteiger partial charge >= 0.3 is 0 Å². The highest BCUT2D eigenvalue weighted by molar-refractivity contribution is 7.14. The van der Waals surface area contributed by atoms with Gasteiger partial charge in [-0.1, -0.05) is 30.3 Å². The Labute approximate surface area is 178 Å². The number of hydrogen-bond acceptors (Lipinski definition) is 5. The number of hydrogen-bond donors (Lipinski definition) is 1. The number of aromatic nitrogens is 3. The summed E-state index contributed by atoms with van der Waals surface area (Å²) in [7, 11) is 0. The van der Waals surface area contributed by atoms with Gasteiger partial charge in [0, 0.05) is 34.1 Å². The van der Waals surface area contributed by atoms with Gasteiger partial charge in [0.1, 0.15) is 5.01 Å². The predicted octanol–water partition coefficient (Wildman–Crippen LogP) is 4.59. The van der Waals surface area contributed by atoms with Crippen LogP contribution in [0, 0.1) is 13.8 Å². The zero-order valence-corrected chi connectivity index (χ0v) is 18.0. The second-order valence-electron chi connectivity index (χ2n) is 6.90. The smallest absolute Gasteiger partial charge is 0.226 e. The average molecular weight is 423 g/mol. The number of thiophene rings is 1. The molecule has 5 nitrogen and oxygen atoms in total. The highest BCUT2D eigenvalue weighted by Gasteiger charge is 2.14. The van der Waals surface area contributed by atoms with Crippen molar-refractivity contribution in [1.82, 2.24) is 20.1 Å². The van der Waals surface area contributed by atoms with Crippen molar-refractivity contribution in [3.63, 3.8) is 0 Å². The summed E-state index contributed by atoms with van der Waals surface area (Å²) in [6, 6.07) is 12.3. The Hall–Kier alpha value is -2.77. The van der Waals surface area contributed by atoms with Crippen LogP contribution in [0.2, 0.25) is 0 Å². The molecule has 4 rings (SSSR count). The van der Waals surface area contributed by atoms with Crippen LogP contribution in [0.4, 0.5) is 0 Å². The van der Waals surface area contributed by atoms with Crippen molar-refractivity contribution < 1.29 is 4.79 Å². The lowest BCUT2D eigenvalue weighted by Crippen LogP contribution is -2.25. The first-order chi connectivity index (χ1) is 14.1. The van der Waals surface area contributed by atoms with Crippen LogP contribution in [0.1, 0.15) is 28.2 Å². The summed E-state index contributed by atoms with van der Waals surface area (Å²) in [6.45, 7) is 5.25. The Balaban J connectivity index is 1.37. The van der Waals surface area contributed by atoms with Crippen LogP contribution in [0.25, 0.3) is 10.6 Å². The first-order valence-corrected chi connectivity index (χ1v) is 11.2. The molecule has 3 heterocycles. The molecule has 0 bridgehead atoms. The minimum Gasteiger partial charge on any atom is -0.352 e. The predicted molar refractivity (Wildman–Crippen MR) is 118 cm³/mol. The van der Waals surface area contributed by atoms with Crippen molar-refractivity contribution in [3.05, 3.63) is 80.7 Å². The molecule has 0 fully saturated rings. The molecule has 0 spiro atoms. The van der Waals surface area contributed by atoms with E-state index in [1.54, 1.807) is 22.7 Å². The minimum atomic E-state index is -0.0261. The van der Waals surface area contributed by atoms with Crippen molar-refractivity contribution in [2.75, 3.05) is 0 Å². The molecule has 7 heteroatoms. The Morgan fingerprint density at radius 2 is 1.97 bits per heavy atom. The van der Waals surface area contributed by atoms with Gasteiger partial charge in [-0.3, -0.25) is 9.48 Å². The van der Waals surface area contributed by atoms with Gasteiger partial charge in [0.05, 0.1) is 24.4 Å². The molecule has 0 atom stereocenters. The topological polar surface area (TPSA) is 59.8 Å². The summed E-state index contributed by atoms with van der Waals surface area (Å²) in [4.78, 5) is 17.0. The maximum atomic E-state index is 12.4. The van der Waals surface area contributed by atoms with Crippen LogP contribution in [-0.4, -0.2) is 20.7 Å². The third-order valence-corrected chi connectivity index (χ3v) is 6.45. The summed E-state index contributed by atoms with van der Waals surface area (Å²) < 4.78 is 2.00. The van der Waals surface area contributed by atoms with Gasteiger partial charge in [0.25, 0.3) is 0 Å². The van der Waals surface area contributed by atoms with Crippen LogP contribution in [0.5, 0.6) is 0 Å². The summed E-state index contributed by atoms with van der Waals surface area (Å²) in [5.41, 5.74) is 6.24. The number of rotatable bonds is 7. The number of aryl methyl sites for hydroxylation is 1. The van der Waals surface area contributed by atoms with E-state index in [4.69, 9.17) is 0 Å². The summed E-state index contributed by atoms with van der Waals surface area (Å²) in [6.07, 6.45) is 0.289. The molecule has 0 aliphatic rings. The van der Waals surface area contributed by atoms with Crippen molar-refractivity contribution in [1.29, 1.82) is 0 Å². The first-order valence-electron chi connectivity index (χ1n) is 9.40. The summed E-state index contributed by atoms with van der Waals surface area (Å²) >= 11 is 3.22. The fourth-order valence-corrected chi connectivity index (χ4v) is 4.75. The largest absolute Gasteiger partial charge is 0.352 e. The molecular formula is C22H22N4OS2. The van der Waals surface area contributed by atoms with Crippen molar-refractivity contribution in [2.24, 2.45) is 0 Å². The molecule has 0 saturated heterocycles.